The van der Waals surface area contributed by atoms with Crippen LogP contribution in [0.5, 0.6) is 0 Å². The summed E-state index contributed by atoms with van der Waals surface area (Å²) in [5.74, 6) is 0.783. The number of benzene rings is 1. The highest BCUT2D eigenvalue weighted by molar-refractivity contribution is 5.94. The molecule has 1 fully saturated rings. The molecule has 1 aliphatic heterocycles. The number of hydrogen-bond donors (Lipinski definition) is 2. The minimum absolute atomic E-state index is 0.0379. The molecule has 0 saturated carbocycles. The van der Waals surface area contributed by atoms with Crippen LogP contribution in [0.3, 0.4) is 0 Å². The molecule has 3 heteroatoms. The van der Waals surface area contributed by atoms with Crippen molar-refractivity contribution in [3.8, 4) is 0 Å². The molecule has 2 unspecified atom stereocenters. The van der Waals surface area contributed by atoms with Crippen molar-refractivity contribution in [2.45, 2.75) is 52.0 Å². The quantitative estimate of drug-likeness (QED) is 0.864. The van der Waals surface area contributed by atoms with E-state index < -0.39 is 0 Å². The van der Waals surface area contributed by atoms with Crippen molar-refractivity contribution in [1.82, 2.24) is 5.32 Å². The molecule has 1 aromatic carbocycles. The van der Waals surface area contributed by atoms with Gasteiger partial charge >= 0.3 is 0 Å². The minimum atomic E-state index is -0.0379. The highest BCUT2D eigenvalue weighted by atomic mass is 16.2. The molecule has 1 amide bonds. The summed E-state index contributed by atoms with van der Waals surface area (Å²) in [4.78, 5) is 12.3. The first-order valence-electron chi connectivity index (χ1n) is 7.86. The molecule has 1 aromatic rings. The Morgan fingerprint density at radius 3 is 2.70 bits per heavy atom. The number of amides is 1. The van der Waals surface area contributed by atoms with Crippen LogP contribution in [0.25, 0.3) is 0 Å². The van der Waals surface area contributed by atoms with Gasteiger partial charge in [-0.2, -0.15) is 0 Å². The Morgan fingerprint density at radius 1 is 1.30 bits per heavy atom. The van der Waals surface area contributed by atoms with Crippen LogP contribution in [-0.2, 0) is 11.2 Å². The van der Waals surface area contributed by atoms with Gasteiger partial charge in [-0.25, -0.2) is 0 Å². The maximum absolute atomic E-state index is 12.3. The van der Waals surface area contributed by atoms with Gasteiger partial charge in [-0.1, -0.05) is 38.8 Å². The Morgan fingerprint density at radius 2 is 2.05 bits per heavy atom. The van der Waals surface area contributed by atoms with Gasteiger partial charge < -0.3 is 10.6 Å². The molecule has 2 N–H and O–H groups in total. The molecule has 0 aliphatic carbocycles. The van der Waals surface area contributed by atoms with Gasteiger partial charge in [0.25, 0.3) is 0 Å². The predicted octanol–water partition coefficient (Wildman–Crippen LogP) is 3.36. The van der Waals surface area contributed by atoms with Crippen molar-refractivity contribution in [1.29, 1.82) is 0 Å². The number of carbonyl (C=O) groups is 1. The van der Waals surface area contributed by atoms with Crippen molar-refractivity contribution >= 4 is 11.6 Å². The van der Waals surface area contributed by atoms with E-state index in [4.69, 9.17) is 0 Å². The molecule has 0 radical (unpaired) electrons. The second kappa shape index (κ2) is 7.44. The van der Waals surface area contributed by atoms with E-state index in [2.05, 4.69) is 36.6 Å². The number of piperidine rings is 1. The first-order valence-corrected chi connectivity index (χ1v) is 7.86. The van der Waals surface area contributed by atoms with Gasteiger partial charge in [0.2, 0.25) is 5.91 Å². The standard InChI is InChI=1S/C17H26N2O/c1-3-5-14-6-8-15(9-7-14)19-17(20)16-12-13(4-2)10-11-18-16/h6-9,13,16,18H,3-5,10-12H2,1-2H3,(H,19,20). The molecule has 2 rings (SSSR count). The van der Waals surface area contributed by atoms with Gasteiger partial charge in [0.15, 0.2) is 0 Å². The smallest absolute Gasteiger partial charge is 0.241 e. The maximum Gasteiger partial charge on any atom is 0.241 e. The van der Waals surface area contributed by atoms with E-state index in [0.717, 1.165) is 37.9 Å². The Kier molecular flexibility index (Phi) is 5.60. The fourth-order valence-electron chi connectivity index (χ4n) is 2.84. The van der Waals surface area contributed by atoms with Crippen LogP contribution < -0.4 is 10.6 Å². The lowest BCUT2D eigenvalue weighted by molar-refractivity contribution is -0.119. The molecule has 110 valence electrons. The summed E-state index contributed by atoms with van der Waals surface area (Å²) in [6.45, 7) is 5.33. The fourth-order valence-corrected chi connectivity index (χ4v) is 2.84. The van der Waals surface area contributed by atoms with E-state index in [9.17, 15) is 4.79 Å². The van der Waals surface area contributed by atoms with Gasteiger partial charge in [-0.15, -0.1) is 0 Å². The lowest BCUT2D eigenvalue weighted by Crippen LogP contribution is -2.46. The molecule has 0 aromatic heterocycles. The van der Waals surface area contributed by atoms with E-state index in [-0.39, 0.29) is 11.9 Å². The first-order chi connectivity index (χ1) is 9.72. The SMILES string of the molecule is CCCc1ccc(NC(=O)C2CC(CC)CCN2)cc1. The number of rotatable bonds is 5. The minimum Gasteiger partial charge on any atom is -0.325 e. The Hall–Kier alpha value is -1.35. The van der Waals surface area contributed by atoms with Gasteiger partial charge in [0.05, 0.1) is 6.04 Å². The monoisotopic (exact) mass is 274 g/mol. The third kappa shape index (κ3) is 4.07. The van der Waals surface area contributed by atoms with Crippen molar-refractivity contribution in [3.63, 3.8) is 0 Å². The maximum atomic E-state index is 12.3. The normalized spacial score (nSPS) is 22.5. The van der Waals surface area contributed by atoms with E-state index >= 15 is 0 Å². The van der Waals surface area contributed by atoms with Crippen molar-refractivity contribution in [2.24, 2.45) is 5.92 Å². The summed E-state index contributed by atoms with van der Waals surface area (Å²) >= 11 is 0. The summed E-state index contributed by atoms with van der Waals surface area (Å²) in [6, 6.07) is 8.17. The zero-order chi connectivity index (χ0) is 14.4. The highest BCUT2D eigenvalue weighted by Crippen LogP contribution is 2.20. The van der Waals surface area contributed by atoms with Gasteiger partial charge in [-0.3, -0.25) is 4.79 Å². The molecule has 1 saturated heterocycles. The summed E-state index contributed by atoms with van der Waals surface area (Å²) in [7, 11) is 0. The Labute approximate surface area is 122 Å². The number of anilines is 1. The zero-order valence-corrected chi connectivity index (χ0v) is 12.6. The molecule has 0 bridgehead atoms. The molecule has 1 heterocycles. The van der Waals surface area contributed by atoms with Crippen LogP contribution in [0, 0.1) is 5.92 Å². The summed E-state index contributed by atoms with van der Waals surface area (Å²) in [5.41, 5.74) is 2.22. The zero-order valence-electron chi connectivity index (χ0n) is 12.6. The van der Waals surface area contributed by atoms with E-state index in [0.29, 0.717) is 5.92 Å². The Balaban J connectivity index is 1.90. The Bertz CT molecular complexity index is 427. The molecule has 1 aliphatic rings. The van der Waals surface area contributed by atoms with Gasteiger partial charge in [-0.05, 0) is 49.4 Å². The molecular weight excluding hydrogens is 248 g/mol. The molecule has 0 spiro atoms. The largest absolute Gasteiger partial charge is 0.325 e. The highest BCUT2D eigenvalue weighted by Gasteiger charge is 2.25. The lowest BCUT2D eigenvalue weighted by atomic mass is 9.90. The molecule has 20 heavy (non-hydrogen) atoms. The number of nitrogens with one attached hydrogen (secondary N) is 2. The van der Waals surface area contributed by atoms with Crippen LogP contribution in [0.15, 0.2) is 24.3 Å². The van der Waals surface area contributed by atoms with Crippen LogP contribution >= 0.6 is 0 Å². The number of aryl methyl sites for hydroxylation is 1. The molecule has 2 atom stereocenters. The first kappa shape index (κ1) is 15.0. The summed E-state index contributed by atoms with van der Waals surface area (Å²) in [5, 5.41) is 6.35. The average molecular weight is 274 g/mol. The van der Waals surface area contributed by atoms with E-state index in [1.54, 1.807) is 0 Å². The number of carbonyl (C=O) groups excluding carboxylic acids is 1. The lowest BCUT2D eigenvalue weighted by Gasteiger charge is -2.28. The second-order valence-corrected chi connectivity index (χ2v) is 5.74. The van der Waals surface area contributed by atoms with E-state index in [1.165, 1.54) is 12.0 Å². The predicted molar refractivity (Wildman–Crippen MR) is 83.9 cm³/mol. The molecular formula is C17H26N2O. The third-order valence-electron chi connectivity index (χ3n) is 4.17. The summed E-state index contributed by atoms with van der Waals surface area (Å²) in [6.07, 6.45) is 5.55. The van der Waals surface area contributed by atoms with E-state index in [1.807, 2.05) is 12.1 Å². The van der Waals surface area contributed by atoms with Crippen molar-refractivity contribution in [3.05, 3.63) is 29.8 Å². The van der Waals surface area contributed by atoms with Gasteiger partial charge in [0.1, 0.15) is 0 Å². The van der Waals surface area contributed by atoms with Crippen LogP contribution in [0.2, 0.25) is 0 Å². The molecule has 3 nitrogen and oxygen atoms in total. The van der Waals surface area contributed by atoms with Crippen molar-refractivity contribution in [2.75, 3.05) is 11.9 Å². The van der Waals surface area contributed by atoms with Crippen LogP contribution in [-0.4, -0.2) is 18.5 Å². The van der Waals surface area contributed by atoms with Crippen LogP contribution in [0.4, 0.5) is 5.69 Å². The topological polar surface area (TPSA) is 41.1 Å². The van der Waals surface area contributed by atoms with Crippen molar-refractivity contribution < 1.29 is 4.79 Å². The summed E-state index contributed by atoms with van der Waals surface area (Å²) < 4.78 is 0. The number of hydrogen-bond acceptors (Lipinski definition) is 2. The average Bonchev–Trinajstić information content (AvgIpc) is 2.49. The van der Waals surface area contributed by atoms with Gasteiger partial charge in [0, 0.05) is 5.69 Å². The fraction of sp³-hybridized carbons (Fsp3) is 0.588. The third-order valence-corrected chi connectivity index (χ3v) is 4.17. The second-order valence-electron chi connectivity index (χ2n) is 5.74. The van der Waals surface area contributed by atoms with Crippen LogP contribution in [0.1, 0.15) is 45.1 Å².